The van der Waals surface area contributed by atoms with Crippen molar-refractivity contribution in [3.8, 4) is 28.4 Å². The van der Waals surface area contributed by atoms with E-state index in [2.05, 4.69) is 13.8 Å². The van der Waals surface area contributed by atoms with Crippen LogP contribution in [0.1, 0.15) is 115 Å². The van der Waals surface area contributed by atoms with Crippen LogP contribution in [-0.4, -0.2) is 44.0 Å². The zero-order valence-electron chi connectivity index (χ0n) is 29.5. The number of esters is 2. The summed E-state index contributed by atoms with van der Waals surface area (Å²) in [4.78, 5) is 25.0. The van der Waals surface area contributed by atoms with Gasteiger partial charge in [-0.2, -0.15) is 0 Å². The van der Waals surface area contributed by atoms with Crippen LogP contribution in [-0.2, 0) is 14.3 Å². The van der Waals surface area contributed by atoms with E-state index in [9.17, 15) is 9.59 Å². The van der Waals surface area contributed by atoms with Gasteiger partial charge >= 0.3 is 11.9 Å². The fraction of sp³-hybridized carbons (Fsp3) is 0.512. The highest BCUT2D eigenvalue weighted by atomic mass is 16.6. The number of unbranched alkanes of at least 4 members (excludes halogenated alkanes) is 10. The first-order valence-electron chi connectivity index (χ1n) is 18.0. The van der Waals surface area contributed by atoms with Crippen LogP contribution >= 0.6 is 0 Å². The second kappa shape index (κ2) is 22.7. The van der Waals surface area contributed by atoms with Crippen molar-refractivity contribution in [2.24, 2.45) is 0 Å². The van der Waals surface area contributed by atoms with E-state index in [-0.39, 0.29) is 12.6 Å². The summed E-state index contributed by atoms with van der Waals surface area (Å²) in [6.07, 6.45) is 13.5. The molecule has 0 N–H and O–H groups in total. The molecule has 0 aromatic heterocycles. The number of ether oxygens (including phenoxy) is 5. The maximum absolute atomic E-state index is 12.7. The Morgan fingerprint density at radius 2 is 1.04 bits per heavy atom. The van der Waals surface area contributed by atoms with Crippen LogP contribution in [0.15, 0.2) is 72.8 Å². The van der Waals surface area contributed by atoms with Crippen LogP contribution in [0, 0.1) is 0 Å². The van der Waals surface area contributed by atoms with Crippen LogP contribution in [0.3, 0.4) is 0 Å². The predicted molar refractivity (Wildman–Crippen MR) is 192 cm³/mol. The lowest BCUT2D eigenvalue weighted by atomic mass is 10.1. The van der Waals surface area contributed by atoms with Crippen molar-refractivity contribution < 1.29 is 33.3 Å². The molecule has 0 spiro atoms. The Labute approximate surface area is 288 Å². The molecular weight excluding hydrogens is 604 g/mol. The lowest BCUT2D eigenvalue weighted by molar-refractivity contribution is -0.162. The SMILES string of the molecule is CCCCCCCCCCOc1ccc(C(=O)Oc2ccc(-c3ccc(OC[C@H](C)OC(=O)[C@H](C)OCCCCCC)cc3)cc2)cc1. The summed E-state index contributed by atoms with van der Waals surface area (Å²) in [5, 5.41) is 0. The van der Waals surface area contributed by atoms with E-state index in [0.717, 1.165) is 42.6 Å². The van der Waals surface area contributed by atoms with E-state index in [0.29, 0.717) is 30.3 Å². The van der Waals surface area contributed by atoms with Gasteiger partial charge in [0.15, 0.2) is 6.10 Å². The minimum absolute atomic E-state index is 0.240. The van der Waals surface area contributed by atoms with Crippen molar-refractivity contribution in [1.29, 1.82) is 0 Å². The Balaban J connectivity index is 1.36. The van der Waals surface area contributed by atoms with Gasteiger partial charge in [0.05, 0.1) is 12.2 Å². The molecule has 0 aliphatic rings. The van der Waals surface area contributed by atoms with Gasteiger partial charge in [-0.3, -0.25) is 0 Å². The molecular formula is C41H56O7. The molecule has 3 aromatic rings. The van der Waals surface area contributed by atoms with E-state index < -0.39 is 18.2 Å². The van der Waals surface area contributed by atoms with Crippen LogP contribution in [0.4, 0.5) is 0 Å². The molecule has 7 nitrogen and oxygen atoms in total. The predicted octanol–water partition coefficient (Wildman–Crippen LogP) is 10.4. The molecule has 7 heteroatoms. The first kappa shape index (κ1) is 38.6. The van der Waals surface area contributed by atoms with E-state index >= 15 is 0 Å². The molecule has 0 aliphatic heterocycles. The molecule has 0 bridgehead atoms. The third kappa shape index (κ3) is 14.9. The third-order valence-electron chi connectivity index (χ3n) is 8.11. The summed E-state index contributed by atoms with van der Waals surface area (Å²) in [7, 11) is 0. The Morgan fingerprint density at radius 1 is 0.562 bits per heavy atom. The standard InChI is InChI=1S/C41H56O7/c1-5-7-9-11-12-13-14-16-30-45-37-25-21-36(22-26-37)41(43)48-39-27-19-35(20-28-39)34-17-23-38(24-18-34)46-31-32(3)47-40(42)33(4)44-29-15-10-8-6-2/h17-28,32-33H,5-16,29-31H2,1-4H3/t32-,33-/m0/s1. The molecule has 0 aliphatic carbocycles. The van der Waals surface area contributed by atoms with Gasteiger partial charge in [0.1, 0.15) is 30.0 Å². The largest absolute Gasteiger partial charge is 0.494 e. The van der Waals surface area contributed by atoms with E-state index in [1.54, 1.807) is 38.1 Å². The zero-order valence-corrected chi connectivity index (χ0v) is 29.5. The number of rotatable bonds is 24. The van der Waals surface area contributed by atoms with Crippen molar-refractivity contribution in [3.63, 3.8) is 0 Å². The van der Waals surface area contributed by atoms with Crippen LogP contribution < -0.4 is 14.2 Å². The molecule has 0 saturated heterocycles. The average Bonchev–Trinajstić information content (AvgIpc) is 3.10. The molecule has 0 saturated carbocycles. The number of hydrogen-bond donors (Lipinski definition) is 0. The average molecular weight is 661 g/mol. The van der Waals surface area contributed by atoms with Gasteiger partial charge in [-0.1, -0.05) is 102 Å². The Hall–Kier alpha value is -3.84. The summed E-state index contributed by atoms with van der Waals surface area (Å²) in [6.45, 7) is 9.41. The van der Waals surface area contributed by atoms with Gasteiger partial charge < -0.3 is 23.7 Å². The molecule has 3 aromatic carbocycles. The van der Waals surface area contributed by atoms with Crippen molar-refractivity contribution in [3.05, 3.63) is 78.4 Å². The number of hydrogen-bond acceptors (Lipinski definition) is 7. The Morgan fingerprint density at radius 3 is 1.65 bits per heavy atom. The molecule has 262 valence electrons. The minimum atomic E-state index is -0.594. The second-order valence-corrected chi connectivity index (χ2v) is 12.4. The fourth-order valence-electron chi connectivity index (χ4n) is 5.14. The van der Waals surface area contributed by atoms with Gasteiger partial charge in [0.25, 0.3) is 0 Å². The molecule has 2 atom stereocenters. The van der Waals surface area contributed by atoms with E-state index in [1.165, 1.54) is 51.4 Å². The lowest BCUT2D eigenvalue weighted by Crippen LogP contribution is -2.30. The second-order valence-electron chi connectivity index (χ2n) is 12.4. The molecule has 0 heterocycles. The van der Waals surface area contributed by atoms with Crippen molar-refractivity contribution in [2.45, 2.75) is 117 Å². The van der Waals surface area contributed by atoms with Gasteiger partial charge in [-0.25, -0.2) is 9.59 Å². The van der Waals surface area contributed by atoms with Gasteiger partial charge in [-0.15, -0.1) is 0 Å². The maximum atomic E-state index is 12.7. The fourth-order valence-corrected chi connectivity index (χ4v) is 5.14. The monoisotopic (exact) mass is 660 g/mol. The van der Waals surface area contributed by atoms with Crippen molar-refractivity contribution >= 4 is 11.9 Å². The maximum Gasteiger partial charge on any atom is 0.343 e. The smallest absolute Gasteiger partial charge is 0.343 e. The molecule has 48 heavy (non-hydrogen) atoms. The van der Waals surface area contributed by atoms with E-state index in [1.807, 2.05) is 48.5 Å². The molecule has 0 amide bonds. The normalized spacial score (nSPS) is 12.2. The van der Waals surface area contributed by atoms with Gasteiger partial charge in [-0.05, 0) is 86.3 Å². The zero-order chi connectivity index (χ0) is 34.4. The lowest BCUT2D eigenvalue weighted by Gasteiger charge is -2.18. The van der Waals surface area contributed by atoms with Crippen LogP contribution in [0.2, 0.25) is 0 Å². The van der Waals surface area contributed by atoms with Gasteiger partial charge in [0, 0.05) is 6.61 Å². The van der Waals surface area contributed by atoms with Crippen LogP contribution in [0.5, 0.6) is 17.2 Å². The first-order valence-corrected chi connectivity index (χ1v) is 18.0. The molecule has 0 radical (unpaired) electrons. The number of carbonyl (C=O) groups excluding carboxylic acids is 2. The first-order chi connectivity index (χ1) is 23.4. The quantitative estimate of drug-likeness (QED) is 0.0537. The topological polar surface area (TPSA) is 80.3 Å². The van der Waals surface area contributed by atoms with Crippen LogP contribution in [0.25, 0.3) is 11.1 Å². The summed E-state index contributed by atoms with van der Waals surface area (Å²) in [5.74, 6) is 1.12. The Bertz CT molecular complexity index is 1300. The van der Waals surface area contributed by atoms with Crippen molar-refractivity contribution in [2.75, 3.05) is 19.8 Å². The summed E-state index contributed by atoms with van der Waals surface area (Å²) < 4.78 is 28.4. The highest BCUT2D eigenvalue weighted by Gasteiger charge is 2.18. The molecule has 0 unspecified atom stereocenters. The van der Waals surface area contributed by atoms with E-state index in [4.69, 9.17) is 23.7 Å². The van der Waals surface area contributed by atoms with Gasteiger partial charge in [0.2, 0.25) is 0 Å². The summed E-state index contributed by atoms with van der Waals surface area (Å²) >= 11 is 0. The minimum Gasteiger partial charge on any atom is -0.494 e. The third-order valence-corrected chi connectivity index (χ3v) is 8.11. The number of carbonyl (C=O) groups is 2. The number of benzene rings is 3. The highest BCUT2D eigenvalue weighted by Crippen LogP contribution is 2.25. The highest BCUT2D eigenvalue weighted by molar-refractivity contribution is 5.91. The molecule has 3 rings (SSSR count). The molecule has 0 fully saturated rings. The summed E-state index contributed by atoms with van der Waals surface area (Å²) in [6, 6.07) is 22.2. The Kier molecular flexibility index (Phi) is 18.2. The van der Waals surface area contributed by atoms with Crippen molar-refractivity contribution in [1.82, 2.24) is 0 Å². The summed E-state index contributed by atoms with van der Waals surface area (Å²) in [5.41, 5.74) is 2.44.